The molecule has 0 unspecified atom stereocenters. The molecular weight excluding hydrogens is 526 g/mol. The Balaban J connectivity index is 2.06. The van der Waals surface area contributed by atoms with Crippen LogP contribution >= 0.6 is 0 Å². The molecule has 1 N–H and O–H groups in total. The Hall–Kier alpha value is -3.85. The van der Waals surface area contributed by atoms with Crippen molar-refractivity contribution in [3.05, 3.63) is 95.6 Å². The number of aryl methyl sites for hydroxylation is 1. The van der Waals surface area contributed by atoms with E-state index in [0.717, 1.165) is 27.3 Å². The first-order valence-corrected chi connectivity index (χ1v) is 14.9. The highest BCUT2D eigenvalue weighted by molar-refractivity contribution is 7.92. The van der Waals surface area contributed by atoms with E-state index < -0.39 is 34.1 Å². The van der Waals surface area contributed by atoms with E-state index >= 15 is 0 Å². The third-order valence-electron chi connectivity index (χ3n) is 6.24. The smallest absolute Gasteiger partial charge is 0.244 e. The Morgan fingerprint density at radius 1 is 0.925 bits per heavy atom. The van der Waals surface area contributed by atoms with Crippen LogP contribution in [0.1, 0.15) is 37.5 Å². The Kier molecular flexibility index (Phi) is 9.98. The van der Waals surface area contributed by atoms with Gasteiger partial charge in [-0.25, -0.2) is 8.42 Å². The summed E-state index contributed by atoms with van der Waals surface area (Å²) in [6.45, 7) is 7.27. The summed E-state index contributed by atoms with van der Waals surface area (Å²) in [5.74, 6) is -0.244. The lowest BCUT2D eigenvalue weighted by molar-refractivity contribution is -0.140. The second-order valence-electron chi connectivity index (χ2n) is 10.9. The van der Waals surface area contributed by atoms with Gasteiger partial charge in [0.25, 0.3) is 0 Å². The SMILES string of the molecule is COc1ccc(N(CC(=O)N(Cc2cccc(C)c2)[C@H](Cc2ccccc2)C(=O)NC(C)(C)C)S(C)(=O)=O)cc1. The number of rotatable bonds is 11. The average Bonchev–Trinajstić information content (AvgIpc) is 2.88. The molecule has 1 atom stereocenters. The number of carbonyl (C=O) groups is 2. The quantitative estimate of drug-likeness (QED) is 0.374. The van der Waals surface area contributed by atoms with Crippen LogP contribution in [-0.4, -0.2) is 56.6 Å². The first-order chi connectivity index (χ1) is 18.8. The first kappa shape index (κ1) is 30.7. The van der Waals surface area contributed by atoms with Gasteiger partial charge in [-0.2, -0.15) is 0 Å². The number of carbonyl (C=O) groups excluding carboxylic acids is 2. The van der Waals surface area contributed by atoms with Gasteiger partial charge >= 0.3 is 0 Å². The van der Waals surface area contributed by atoms with Gasteiger partial charge in [-0.1, -0.05) is 60.2 Å². The maximum atomic E-state index is 14.1. The molecule has 0 aliphatic carbocycles. The third kappa shape index (κ3) is 8.84. The van der Waals surface area contributed by atoms with E-state index in [1.54, 1.807) is 24.3 Å². The fraction of sp³-hybridized carbons (Fsp3) is 0.355. The summed E-state index contributed by atoms with van der Waals surface area (Å²) in [4.78, 5) is 29.3. The predicted octanol–water partition coefficient (Wildman–Crippen LogP) is 4.32. The van der Waals surface area contributed by atoms with Crippen molar-refractivity contribution in [2.24, 2.45) is 0 Å². The van der Waals surface area contributed by atoms with Gasteiger partial charge in [0.15, 0.2) is 0 Å². The highest BCUT2D eigenvalue weighted by atomic mass is 32.2. The van der Waals surface area contributed by atoms with Crippen molar-refractivity contribution in [1.82, 2.24) is 10.2 Å². The lowest BCUT2D eigenvalue weighted by atomic mass is 10.0. The van der Waals surface area contributed by atoms with Gasteiger partial charge in [-0.15, -0.1) is 0 Å². The van der Waals surface area contributed by atoms with Gasteiger partial charge in [-0.05, 0) is 63.1 Å². The molecular formula is C31H39N3O5S. The van der Waals surface area contributed by atoms with Gasteiger partial charge in [0.05, 0.1) is 19.1 Å². The van der Waals surface area contributed by atoms with Crippen LogP contribution < -0.4 is 14.4 Å². The lowest BCUT2D eigenvalue weighted by Crippen LogP contribution is -2.56. The second-order valence-corrected chi connectivity index (χ2v) is 12.8. The maximum absolute atomic E-state index is 14.1. The zero-order valence-electron chi connectivity index (χ0n) is 24.0. The number of anilines is 1. The molecule has 0 radical (unpaired) electrons. The van der Waals surface area contributed by atoms with Crippen molar-refractivity contribution < 1.29 is 22.7 Å². The van der Waals surface area contributed by atoms with Crippen molar-refractivity contribution >= 4 is 27.5 Å². The van der Waals surface area contributed by atoms with Gasteiger partial charge in [-0.3, -0.25) is 13.9 Å². The average molecular weight is 566 g/mol. The molecule has 3 aromatic carbocycles. The fourth-order valence-corrected chi connectivity index (χ4v) is 5.23. The number of ether oxygens (including phenoxy) is 1. The van der Waals surface area contributed by atoms with Crippen molar-refractivity contribution in [3.8, 4) is 5.75 Å². The van der Waals surface area contributed by atoms with Gasteiger partial charge in [0.2, 0.25) is 21.8 Å². The number of benzene rings is 3. The second kappa shape index (κ2) is 13.0. The minimum atomic E-state index is -3.83. The molecule has 9 heteroatoms. The predicted molar refractivity (Wildman–Crippen MR) is 159 cm³/mol. The molecule has 0 fully saturated rings. The molecule has 40 heavy (non-hydrogen) atoms. The zero-order chi connectivity index (χ0) is 29.5. The van der Waals surface area contributed by atoms with E-state index in [0.29, 0.717) is 11.4 Å². The summed E-state index contributed by atoms with van der Waals surface area (Å²) in [6.07, 6.45) is 1.32. The number of nitrogens with zero attached hydrogens (tertiary/aromatic N) is 2. The maximum Gasteiger partial charge on any atom is 0.244 e. The zero-order valence-corrected chi connectivity index (χ0v) is 24.9. The Bertz CT molecular complexity index is 1400. The summed E-state index contributed by atoms with van der Waals surface area (Å²) in [7, 11) is -2.32. The number of methoxy groups -OCH3 is 1. The van der Waals surface area contributed by atoms with Gasteiger partial charge < -0.3 is 15.0 Å². The van der Waals surface area contributed by atoms with Crippen molar-refractivity contribution in [3.63, 3.8) is 0 Å². The van der Waals surface area contributed by atoms with E-state index in [4.69, 9.17) is 4.74 Å². The fourth-order valence-electron chi connectivity index (χ4n) is 4.38. The van der Waals surface area contributed by atoms with Crippen molar-refractivity contribution in [2.45, 2.75) is 52.2 Å². The molecule has 0 aromatic heterocycles. The molecule has 0 aliphatic heterocycles. The van der Waals surface area contributed by atoms with Crippen LogP contribution in [0.25, 0.3) is 0 Å². The summed E-state index contributed by atoms with van der Waals surface area (Å²) in [6, 6.07) is 22.8. The van der Waals surface area contributed by atoms with E-state index in [1.807, 2.05) is 82.3 Å². The number of amides is 2. The molecule has 3 aromatic rings. The van der Waals surface area contributed by atoms with Gasteiger partial charge in [0.1, 0.15) is 18.3 Å². The molecule has 0 aliphatic rings. The number of hydrogen-bond acceptors (Lipinski definition) is 5. The molecule has 2 amide bonds. The van der Waals surface area contributed by atoms with Crippen LogP contribution in [0.3, 0.4) is 0 Å². The number of nitrogens with one attached hydrogen (secondary N) is 1. The standard InChI is InChI=1S/C31H39N3O5S/c1-23-11-10-14-25(19-23)21-33(28(30(36)32-31(2,3)4)20-24-12-8-7-9-13-24)29(35)22-34(40(6,37)38)26-15-17-27(39-5)18-16-26/h7-19,28H,20-22H2,1-6H3,(H,32,36)/t28-/m1/s1. The normalized spacial score (nSPS) is 12.3. The topological polar surface area (TPSA) is 96.0 Å². The largest absolute Gasteiger partial charge is 0.497 e. The van der Waals surface area contributed by atoms with E-state index in [9.17, 15) is 18.0 Å². The molecule has 214 valence electrons. The molecule has 0 bridgehead atoms. The van der Waals surface area contributed by atoms with Crippen LogP contribution in [0, 0.1) is 6.92 Å². The van der Waals surface area contributed by atoms with Crippen LogP contribution in [0.4, 0.5) is 5.69 Å². The summed E-state index contributed by atoms with van der Waals surface area (Å²) in [5, 5.41) is 3.02. The molecule has 0 spiro atoms. The van der Waals surface area contributed by atoms with Gasteiger partial charge in [0, 0.05) is 18.5 Å². The summed E-state index contributed by atoms with van der Waals surface area (Å²) in [5.41, 5.74) is 2.52. The van der Waals surface area contributed by atoms with Crippen molar-refractivity contribution in [2.75, 3.05) is 24.2 Å². The third-order valence-corrected chi connectivity index (χ3v) is 7.38. The Labute approximate surface area is 238 Å². The van der Waals surface area contributed by atoms with Crippen LogP contribution in [0.5, 0.6) is 5.75 Å². The molecule has 3 rings (SSSR count). The van der Waals surface area contributed by atoms with E-state index in [1.165, 1.54) is 12.0 Å². The summed E-state index contributed by atoms with van der Waals surface area (Å²) < 4.78 is 32.0. The first-order valence-electron chi connectivity index (χ1n) is 13.1. The highest BCUT2D eigenvalue weighted by Crippen LogP contribution is 2.23. The molecule has 0 saturated carbocycles. The minimum absolute atomic E-state index is 0.135. The highest BCUT2D eigenvalue weighted by Gasteiger charge is 2.34. The van der Waals surface area contributed by atoms with E-state index in [-0.39, 0.29) is 18.9 Å². The lowest BCUT2D eigenvalue weighted by Gasteiger charge is -2.35. The Morgan fingerprint density at radius 2 is 1.55 bits per heavy atom. The van der Waals surface area contributed by atoms with Crippen LogP contribution in [0.15, 0.2) is 78.9 Å². The number of sulfonamides is 1. The molecule has 0 saturated heterocycles. The van der Waals surface area contributed by atoms with Crippen molar-refractivity contribution in [1.29, 1.82) is 0 Å². The monoisotopic (exact) mass is 565 g/mol. The number of hydrogen-bond donors (Lipinski definition) is 1. The molecule has 8 nitrogen and oxygen atoms in total. The molecule has 0 heterocycles. The van der Waals surface area contributed by atoms with Crippen LogP contribution in [0.2, 0.25) is 0 Å². The Morgan fingerprint density at radius 3 is 2.10 bits per heavy atom. The minimum Gasteiger partial charge on any atom is -0.497 e. The van der Waals surface area contributed by atoms with Crippen LogP contribution in [-0.2, 0) is 32.6 Å². The van der Waals surface area contributed by atoms with E-state index in [2.05, 4.69) is 5.32 Å². The summed E-state index contributed by atoms with van der Waals surface area (Å²) >= 11 is 0.